The summed E-state index contributed by atoms with van der Waals surface area (Å²) in [7, 11) is 0. The number of carbonyl (C=O) groups is 2. The Labute approximate surface area is 144 Å². The third kappa shape index (κ3) is 3.94. The molecule has 0 spiro atoms. The molecule has 1 aliphatic rings. The predicted octanol–water partition coefficient (Wildman–Crippen LogP) is 4.57. The fourth-order valence-corrected chi connectivity index (χ4v) is 4.01. The first-order valence-corrected chi connectivity index (χ1v) is 8.95. The number of amides is 2. The molecule has 126 valence electrons. The molecule has 6 heteroatoms. The van der Waals surface area contributed by atoms with E-state index in [0.717, 1.165) is 36.1 Å². The number of nitrogens with one attached hydrogen (secondary N) is 2. The minimum Gasteiger partial charge on any atom is -0.478 e. The molecule has 0 radical (unpaired) electrons. The zero-order chi connectivity index (χ0) is 16.9. The van der Waals surface area contributed by atoms with Gasteiger partial charge in [0.2, 0.25) is 0 Å². The van der Waals surface area contributed by atoms with Crippen LogP contribution in [0.25, 0.3) is 10.4 Å². The van der Waals surface area contributed by atoms with Crippen molar-refractivity contribution in [1.82, 2.24) is 5.32 Å². The summed E-state index contributed by atoms with van der Waals surface area (Å²) in [5.74, 6) is -1.04. The first-order chi connectivity index (χ1) is 11.6. The van der Waals surface area contributed by atoms with Gasteiger partial charge in [0.15, 0.2) is 0 Å². The van der Waals surface area contributed by atoms with Crippen molar-refractivity contribution in [2.45, 2.75) is 38.1 Å². The molecule has 1 saturated carbocycles. The lowest BCUT2D eigenvalue weighted by atomic mass is 9.96. The van der Waals surface area contributed by atoms with E-state index in [1.807, 2.05) is 30.3 Å². The monoisotopic (exact) mass is 344 g/mol. The highest BCUT2D eigenvalue weighted by Gasteiger charge is 2.20. The molecule has 0 atom stereocenters. The average Bonchev–Trinajstić information content (AvgIpc) is 3.00. The molecule has 24 heavy (non-hydrogen) atoms. The fraction of sp³-hybridized carbons (Fsp3) is 0.333. The third-order valence-electron chi connectivity index (χ3n) is 4.19. The van der Waals surface area contributed by atoms with E-state index in [2.05, 4.69) is 10.6 Å². The van der Waals surface area contributed by atoms with Crippen LogP contribution in [0.15, 0.2) is 36.4 Å². The molecule has 2 amide bonds. The largest absolute Gasteiger partial charge is 0.478 e. The second-order valence-electron chi connectivity index (χ2n) is 5.96. The molecule has 1 aliphatic carbocycles. The molecule has 2 aromatic rings. The number of hydrogen-bond donors (Lipinski definition) is 3. The van der Waals surface area contributed by atoms with Crippen LogP contribution >= 0.6 is 11.3 Å². The Balaban J connectivity index is 1.75. The summed E-state index contributed by atoms with van der Waals surface area (Å²) in [6.45, 7) is 0. The van der Waals surface area contributed by atoms with Crippen LogP contribution in [0.4, 0.5) is 9.80 Å². The van der Waals surface area contributed by atoms with Gasteiger partial charge < -0.3 is 10.4 Å². The number of thiophene rings is 1. The van der Waals surface area contributed by atoms with Gasteiger partial charge in [0.25, 0.3) is 0 Å². The van der Waals surface area contributed by atoms with Crippen molar-refractivity contribution in [3.05, 3.63) is 42.0 Å². The van der Waals surface area contributed by atoms with Crippen LogP contribution in [0, 0.1) is 0 Å². The van der Waals surface area contributed by atoms with E-state index in [1.165, 1.54) is 17.8 Å². The standard InChI is InChI=1S/C18H20N2O3S/c21-17(22)14-11-15(12-7-3-1-4-8-12)24-16(14)20-18(23)19-13-9-5-2-6-10-13/h1,3-4,7-8,11,13H,2,5-6,9-10H2,(H,21,22)(H2,19,20,23). The van der Waals surface area contributed by atoms with E-state index >= 15 is 0 Å². The Bertz CT molecular complexity index is 721. The van der Waals surface area contributed by atoms with Crippen molar-refractivity contribution in [2.24, 2.45) is 0 Å². The lowest BCUT2D eigenvalue weighted by Gasteiger charge is -2.22. The van der Waals surface area contributed by atoms with Gasteiger partial charge in [-0.25, -0.2) is 9.59 Å². The molecule has 1 heterocycles. The number of anilines is 1. The molecule has 0 bridgehead atoms. The average molecular weight is 344 g/mol. The Kier molecular flexibility index (Phi) is 5.15. The maximum atomic E-state index is 12.2. The van der Waals surface area contributed by atoms with E-state index in [-0.39, 0.29) is 17.6 Å². The van der Waals surface area contributed by atoms with Crippen molar-refractivity contribution < 1.29 is 14.7 Å². The lowest BCUT2D eigenvalue weighted by Crippen LogP contribution is -2.39. The summed E-state index contributed by atoms with van der Waals surface area (Å²) in [5, 5.41) is 15.4. The molecular formula is C18H20N2O3S. The first-order valence-electron chi connectivity index (χ1n) is 8.13. The lowest BCUT2D eigenvalue weighted by molar-refractivity contribution is 0.0698. The molecule has 0 aliphatic heterocycles. The zero-order valence-corrected chi connectivity index (χ0v) is 14.1. The number of hydrogen-bond acceptors (Lipinski definition) is 3. The maximum absolute atomic E-state index is 12.2. The van der Waals surface area contributed by atoms with Crippen LogP contribution in [0.1, 0.15) is 42.5 Å². The normalized spacial score (nSPS) is 15.0. The van der Waals surface area contributed by atoms with Gasteiger partial charge in [0, 0.05) is 10.9 Å². The van der Waals surface area contributed by atoms with Gasteiger partial charge in [-0.3, -0.25) is 5.32 Å². The molecule has 0 saturated heterocycles. The summed E-state index contributed by atoms with van der Waals surface area (Å²) < 4.78 is 0. The summed E-state index contributed by atoms with van der Waals surface area (Å²) in [6, 6.07) is 11.0. The highest BCUT2D eigenvalue weighted by Crippen LogP contribution is 2.35. The smallest absolute Gasteiger partial charge is 0.338 e. The topological polar surface area (TPSA) is 78.4 Å². The maximum Gasteiger partial charge on any atom is 0.338 e. The highest BCUT2D eigenvalue weighted by molar-refractivity contribution is 7.20. The summed E-state index contributed by atoms with van der Waals surface area (Å²) in [4.78, 5) is 24.5. The van der Waals surface area contributed by atoms with Crippen molar-refractivity contribution >= 4 is 28.3 Å². The third-order valence-corrected chi connectivity index (χ3v) is 5.29. The molecular weight excluding hydrogens is 324 g/mol. The van der Waals surface area contributed by atoms with Gasteiger partial charge in [0.05, 0.1) is 5.56 Å². The SMILES string of the molecule is O=C(Nc1sc(-c2ccccc2)cc1C(=O)O)NC1CCCCC1. The number of aromatic carboxylic acids is 1. The van der Waals surface area contributed by atoms with Gasteiger partial charge in [-0.2, -0.15) is 0 Å². The van der Waals surface area contributed by atoms with Gasteiger partial charge in [-0.15, -0.1) is 11.3 Å². The first kappa shape index (κ1) is 16.5. The summed E-state index contributed by atoms with van der Waals surface area (Å²) in [6.07, 6.45) is 5.44. The predicted molar refractivity (Wildman–Crippen MR) is 95.7 cm³/mol. The molecule has 5 nitrogen and oxygen atoms in total. The van der Waals surface area contributed by atoms with Gasteiger partial charge in [-0.1, -0.05) is 49.6 Å². The van der Waals surface area contributed by atoms with Gasteiger partial charge in [0.1, 0.15) is 5.00 Å². The molecule has 3 rings (SSSR count). The van der Waals surface area contributed by atoms with Crippen LogP contribution < -0.4 is 10.6 Å². The summed E-state index contributed by atoms with van der Waals surface area (Å²) >= 11 is 1.28. The van der Waals surface area contributed by atoms with E-state index in [1.54, 1.807) is 6.07 Å². The van der Waals surface area contributed by atoms with Crippen LogP contribution in [0.2, 0.25) is 0 Å². The number of rotatable bonds is 4. The molecule has 3 N–H and O–H groups in total. The van der Waals surface area contributed by atoms with E-state index in [9.17, 15) is 14.7 Å². The highest BCUT2D eigenvalue weighted by atomic mass is 32.1. The van der Waals surface area contributed by atoms with Crippen molar-refractivity contribution in [3.8, 4) is 10.4 Å². The Morgan fingerprint density at radius 1 is 1.08 bits per heavy atom. The number of carboxylic acid groups (broad SMARTS) is 1. The van der Waals surface area contributed by atoms with E-state index < -0.39 is 5.97 Å². The minimum atomic E-state index is -1.04. The van der Waals surface area contributed by atoms with Crippen molar-refractivity contribution in [3.63, 3.8) is 0 Å². The second-order valence-corrected chi connectivity index (χ2v) is 7.01. The molecule has 1 fully saturated rings. The summed E-state index contributed by atoms with van der Waals surface area (Å²) in [5.41, 5.74) is 1.06. The number of benzene rings is 1. The van der Waals surface area contributed by atoms with Gasteiger partial charge in [-0.05, 0) is 24.5 Å². The number of carbonyl (C=O) groups excluding carboxylic acids is 1. The molecule has 0 unspecified atom stereocenters. The molecule has 1 aromatic heterocycles. The van der Waals surface area contributed by atoms with Crippen LogP contribution in [0.5, 0.6) is 0 Å². The van der Waals surface area contributed by atoms with Crippen LogP contribution in [0.3, 0.4) is 0 Å². The fourth-order valence-electron chi connectivity index (χ4n) is 2.96. The van der Waals surface area contributed by atoms with Gasteiger partial charge >= 0.3 is 12.0 Å². The Morgan fingerprint density at radius 2 is 1.79 bits per heavy atom. The van der Waals surface area contributed by atoms with Crippen molar-refractivity contribution in [2.75, 3.05) is 5.32 Å². The minimum absolute atomic E-state index is 0.123. The number of urea groups is 1. The Hall–Kier alpha value is -2.34. The van der Waals surface area contributed by atoms with Crippen molar-refractivity contribution in [1.29, 1.82) is 0 Å². The van der Waals surface area contributed by atoms with Crippen LogP contribution in [-0.2, 0) is 0 Å². The van der Waals surface area contributed by atoms with Crippen LogP contribution in [-0.4, -0.2) is 23.1 Å². The Morgan fingerprint density at radius 3 is 2.46 bits per heavy atom. The quantitative estimate of drug-likeness (QED) is 0.760. The van der Waals surface area contributed by atoms with E-state index in [4.69, 9.17) is 0 Å². The van der Waals surface area contributed by atoms with E-state index in [0.29, 0.717) is 5.00 Å². The zero-order valence-electron chi connectivity index (χ0n) is 13.2. The second kappa shape index (κ2) is 7.49. The number of carboxylic acids is 1. The molecule has 1 aromatic carbocycles.